The van der Waals surface area contributed by atoms with Crippen LogP contribution in [0.4, 0.5) is 11.5 Å². The second-order valence-corrected chi connectivity index (χ2v) is 5.60. The maximum Gasteiger partial charge on any atom is 0.351 e. The van der Waals surface area contributed by atoms with Crippen molar-refractivity contribution >= 4 is 11.5 Å². The lowest BCUT2D eigenvalue weighted by atomic mass is 10.1. The van der Waals surface area contributed by atoms with Crippen molar-refractivity contribution in [2.24, 2.45) is 0 Å². The van der Waals surface area contributed by atoms with E-state index in [1.807, 2.05) is 6.07 Å². The number of hydrogen-bond acceptors (Lipinski definition) is 8. The van der Waals surface area contributed by atoms with Crippen LogP contribution < -0.4 is 15.7 Å². The molecule has 4 N–H and O–H groups in total. The normalized spacial score (nSPS) is 27.8. The molecule has 0 aliphatic carbocycles. The molecule has 24 heavy (non-hydrogen) atoms. The first-order valence-electron chi connectivity index (χ1n) is 7.38. The summed E-state index contributed by atoms with van der Waals surface area (Å²) in [4.78, 5) is 16.2. The zero-order valence-corrected chi connectivity index (χ0v) is 12.4. The Labute approximate surface area is 135 Å². The molecule has 126 valence electrons. The smallest absolute Gasteiger partial charge is 0.351 e. The number of nitrogens with zero attached hydrogens (tertiary/aromatic N) is 2. The zero-order valence-electron chi connectivity index (χ0n) is 12.4. The van der Waals surface area contributed by atoms with Gasteiger partial charge in [-0.15, -0.1) is 0 Å². The zero-order chi connectivity index (χ0) is 16.8. The van der Waals surface area contributed by atoms with Crippen LogP contribution in [0, 0.1) is 0 Å². The summed E-state index contributed by atoms with van der Waals surface area (Å²) in [5.41, 5.74) is 0.00152. The van der Waals surface area contributed by atoms with Gasteiger partial charge in [0.05, 0.1) is 18.5 Å². The third-order valence-electron chi connectivity index (χ3n) is 4.07. The number of aromatic nitrogens is 2. The van der Waals surface area contributed by atoms with E-state index in [-0.39, 0.29) is 11.6 Å². The fraction of sp³-hybridized carbons (Fsp3) is 0.333. The summed E-state index contributed by atoms with van der Waals surface area (Å²) in [7, 11) is 0. The molecule has 4 atom stereocenters. The van der Waals surface area contributed by atoms with Crippen molar-refractivity contribution in [2.45, 2.75) is 24.5 Å². The molecule has 3 heterocycles. The highest BCUT2D eigenvalue weighted by Crippen LogP contribution is 2.40. The molecule has 0 bridgehead atoms. The van der Waals surface area contributed by atoms with E-state index in [9.17, 15) is 15.0 Å². The molecule has 1 fully saturated rings. The summed E-state index contributed by atoms with van der Waals surface area (Å²) in [6.45, 7) is -0.479. The minimum atomic E-state index is -1.37. The second kappa shape index (κ2) is 5.56. The van der Waals surface area contributed by atoms with Gasteiger partial charge in [-0.1, -0.05) is 12.1 Å². The quantitative estimate of drug-likeness (QED) is 0.504. The van der Waals surface area contributed by atoms with Gasteiger partial charge in [0.25, 0.3) is 0 Å². The molecule has 9 nitrogen and oxygen atoms in total. The van der Waals surface area contributed by atoms with Crippen LogP contribution >= 0.6 is 0 Å². The predicted octanol–water partition coefficient (Wildman–Crippen LogP) is -0.296. The Kier molecular flexibility index (Phi) is 3.50. The number of ether oxygens (including phenoxy) is 2. The number of hydrogen-bond donors (Lipinski definition) is 4. The number of para-hydroxylation sites is 2. The molecule has 2 aliphatic rings. The number of rotatable bonds is 2. The van der Waals surface area contributed by atoms with Crippen LogP contribution in [-0.2, 0) is 4.74 Å². The summed E-state index contributed by atoms with van der Waals surface area (Å²) >= 11 is 0. The summed E-state index contributed by atoms with van der Waals surface area (Å²) in [6, 6.07) is 7.17. The largest absolute Gasteiger partial charge is 0.450 e. The van der Waals surface area contributed by atoms with Gasteiger partial charge in [-0.25, -0.2) is 4.79 Å². The number of aliphatic hydroxyl groups is 3. The van der Waals surface area contributed by atoms with Crippen molar-refractivity contribution in [1.82, 2.24) is 9.55 Å². The third kappa shape index (κ3) is 2.26. The Morgan fingerprint density at radius 2 is 2.00 bits per heavy atom. The number of nitrogens with one attached hydrogen (secondary N) is 1. The Hall–Kier alpha value is -2.46. The summed E-state index contributed by atoms with van der Waals surface area (Å²) in [5.74, 6) is 1.10. The Morgan fingerprint density at radius 1 is 1.21 bits per heavy atom. The average molecular weight is 333 g/mol. The van der Waals surface area contributed by atoms with E-state index in [1.165, 1.54) is 6.20 Å². The molecule has 0 spiro atoms. The molecule has 1 aromatic heterocycles. The molecule has 1 aromatic carbocycles. The van der Waals surface area contributed by atoms with Crippen molar-refractivity contribution in [2.75, 3.05) is 11.9 Å². The number of fused-ring (bicyclic) bond motifs is 2. The topological polar surface area (TPSA) is 126 Å². The average Bonchev–Trinajstić information content (AvgIpc) is 2.87. The summed E-state index contributed by atoms with van der Waals surface area (Å²) < 4.78 is 12.1. The number of benzene rings is 1. The van der Waals surface area contributed by atoms with Crippen LogP contribution in [0.15, 0.2) is 35.3 Å². The molecular weight excluding hydrogens is 318 g/mol. The van der Waals surface area contributed by atoms with Gasteiger partial charge in [-0.05, 0) is 12.1 Å². The van der Waals surface area contributed by atoms with E-state index in [0.29, 0.717) is 11.4 Å². The minimum Gasteiger partial charge on any atom is -0.450 e. The van der Waals surface area contributed by atoms with E-state index in [4.69, 9.17) is 14.6 Å². The molecule has 1 saturated heterocycles. The Bertz CT molecular complexity index is 838. The first-order valence-corrected chi connectivity index (χ1v) is 7.38. The summed E-state index contributed by atoms with van der Waals surface area (Å²) in [5, 5.41) is 32.1. The standard InChI is InChI=1S/C15H15N3O6/c19-6-10-11(20)12(21)14(24-10)18-5-9-13(17-15(18)22)16-7-3-1-2-4-8(7)23-9/h1-5,10-12,14,19-21H,6H2,(H,16,17,22)/t10-,11?,12?,14-/m1/s1. The van der Waals surface area contributed by atoms with Crippen molar-refractivity contribution in [3.05, 3.63) is 40.9 Å². The van der Waals surface area contributed by atoms with Crippen LogP contribution in [-0.4, -0.2) is 49.8 Å². The van der Waals surface area contributed by atoms with Crippen LogP contribution in [0.5, 0.6) is 11.5 Å². The maximum absolute atomic E-state index is 12.3. The maximum atomic E-state index is 12.3. The van der Waals surface area contributed by atoms with Gasteiger partial charge in [0.2, 0.25) is 0 Å². The molecule has 9 heteroatoms. The molecule has 4 rings (SSSR count). The van der Waals surface area contributed by atoms with Gasteiger partial charge in [0.15, 0.2) is 23.5 Å². The minimum absolute atomic E-state index is 0.252. The van der Waals surface area contributed by atoms with E-state index in [1.54, 1.807) is 18.2 Å². The molecule has 0 radical (unpaired) electrons. The fourth-order valence-electron chi connectivity index (χ4n) is 2.81. The van der Waals surface area contributed by atoms with E-state index in [0.717, 1.165) is 4.57 Å². The molecular formula is C15H15N3O6. The highest BCUT2D eigenvalue weighted by molar-refractivity contribution is 5.72. The highest BCUT2D eigenvalue weighted by atomic mass is 16.6. The van der Waals surface area contributed by atoms with E-state index >= 15 is 0 Å². The van der Waals surface area contributed by atoms with E-state index in [2.05, 4.69) is 10.3 Å². The highest BCUT2D eigenvalue weighted by Gasteiger charge is 2.44. The van der Waals surface area contributed by atoms with Crippen LogP contribution in [0.1, 0.15) is 6.23 Å². The van der Waals surface area contributed by atoms with Crippen LogP contribution in [0.2, 0.25) is 0 Å². The molecule has 2 aliphatic heterocycles. The van der Waals surface area contributed by atoms with Gasteiger partial charge >= 0.3 is 5.69 Å². The van der Waals surface area contributed by atoms with Crippen LogP contribution in [0.25, 0.3) is 0 Å². The van der Waals surface area contributed by atoms with Crippen molar-refractivity contribution < 1.29 is 24.8 Å². The lowest BCUT2D eigenvalue weighted by molar-refractivity contribution is -0.0551. The SMILES string of the molecule is O=c1nc2c(cn1[C@@H]1O[C@H](CO)C(O)C1O)Oc1ccccc1N2. The molecule has 2 unspecified atom stereocenters. The predicted molar refractivity (Wildman–Crippen MR) is 81.3 cm³/mol. The van der Waals surface area contributed by atoms with Gasteiger partial charge in [0.1, 0.15) is 18.3 Å². The Morgan fingerprint density at radius 3 is 2.75 bits per heavy atom. The molecule has 2 aromatic rings. The third-order valence-corrected chi connectivity index (χ3v) is 4.07. The fourth-order valence-corrected chi connectivity index (χ4v) is 2.81. The van der Waals surface area contributed by atoms with Crippen LogP contribution in [0.3, 0.4) is 0 Å². The number of anilines is 2. The van der Waals surface area contributed by atoms with Gasteiger partial charge in [0, 0.05) is 0 Å². The van der Waals surface area contributed by atoms with Gasteiger partial charge < -0.3 is 30.1 Å². The monoisotopic (exact) mass is 333 g/mol. The van der Waals surface area contributed by atoms with Crippen molar-refractivity contribution in [3.63, 3.8) is 0 Å². The molecule has 0 saturated carbocycles. The Balaban J connectivity index is 1.72. The first-order chi connectivity index (χ1) is 11.6. The van der Waals surface area contributed by atoms with Crippen molar-refractivity contribution in [3.8, 4) is 11.5 Å². The van der Waals surface area contributed by atoms with E-state index < -0.39 is 36.8 Å². The van der Waals surface area contributed by atoms with Gasteiger partial charge in [-0.3, -0.25) is 4.57 Å². The number of aliphatic hydroxyl groups excluding tert-OH is 3. The lowest BCUT2D eigenvalue weighted by Crippen LogP contribution is -2.36. The van der Waals surface area contributed by atoms with Crippen molar-refractivity contribution in [1.29, 1.82) is 0 Å². The second-order valence-electron chi connectivity index (χ2n) is 5.60. The summed E-state index contributed by atoms with van der Waals surface area (Å²) in [6.07, 6.45) is -3.46. The molecule has 0 amide bonds. The van der Waals surface area contributed by atoms with Gasteiger partial charge in [-0.2, -0.15) is 4.98 Å². The lowest BCUT2D eigenvalue weighted by Gasteiger charge is -2.23. The first kappa shape index (κ1) is 15.1.